The van der Waals surface area contributed by atoms with Crippen molar-refractivity contribution in [2.45, 2.75) is 6.04 Å². The summed E-state index contributed by atoms with van der Waals surface area (Å²) in [4.78, 5) is 10.9. The molecule has 1 amide bonds. The van der Waals surface area contributed by atoms with Gasteiger partial charge < -0.3 is 15.4 Å². The first-order valence-electron chi connectivity index (χ1n) is 5.20. The fourth-order valence-corrected chi connectivity index (χ4v) is 1.45. The number of methoxy groups -OCH3 is 1. The Morgan fingerprint density at radius 3 is 2.44 bits per heavy atom. The lowest BCUT2D eigenvalue weighted by Gasteiger charge is -2.29. The van der Waals surface area contributed by atoms with Crippen LogP contribution in [0.4, 0.5) is 16.2 Å². The second kappa shape index (κ2) is 4.85. The molecule has 5 heteroatoms. The summed E-state index contributed by atoms with van der Waals surface area (Å²) in [6.45, 7) is 2.00. The van der Waals surface area contributed by atoms with E-state index < -0.39 is 6.09 Å². The summed E-state index contributed by atoms with van der Waals surface area (Å²) in [6, 6.07) is 8.06. The van der Waals surface area contributed by atoms with Gasteiger partial charge in [0.05, 0.1) is 13.2 Å². The number of carbonyl (C=O) groups is 1. The smallest absolute Gasteiger partial charge is 0.411 e. The summed E-state index contributed by atoms with van der Waals surface area (Å²) in [5.74, 6) is 0. The highest BCUT2D eigenvalue weighted by atomic mass is 16.5. The molecule has 0 atom stereocenters. The Morgan fingerprint density at radius 1 is 1.31 bits per heavy atom. The zero-order valence-electron chi connectivity index (χ0n) is 9.12. The Morgan fingerprint density at radius 2 is 1.94 bits per heavy atom. The van der Waals surface area contributed by atoms with E-state index in [0.717, 1.165) is 24.5 Å². The Bertz CT molecular complexity index is 360. The van der Waals surface area contributed by atoms with Gasteiger partial charge in [-0.2, -0.15) is 0 Å². The number of amides is 1. The van der Waals surface area contributed by atoms with Crippen LogP contribution in [-0.4, -0.2) is 32.3 Å². The molecule has 1 aromatic carbocycles. The number of nitrogens with one attached hydrogen (secondary N) is 3. The molecule has 2 rings (SSSR count). The Kier molecular flexibility index (Phi) is 3.26. The summed E-state index contributed by atoms with van der Waals surface area (Å²) < 4.78 is 4.50. The molecule has 0 aromatic heterocycles. The number of anilines is 2. The van der Waals surface area contributed by atoms with Gasteiger partial charge in [0.2, 0.25) is 0 Å². The summed E-state index contributed by atoms with van der Waals surface area (Å²) in [6.07, 6.45) is -0.455. The van der Waals surface area contributed by atoms with Crippen molar-refractivity contribution >= 4 is 17.5 Å². The maximum absolute atomic E-state index is 10.9. The number of hydrogen-bond acceptors (Lipinski definition) is 4. The van der Waals surface area contributed by atoms with Gasteiger partial charge >= 0.3 is 6.09 Å². The standard InChI is InChI=1S/C11H15N3O2/c1-16-11(15)14-9-4-2-8(3-5-9)13-10-6-12-7-10/h2-5,10,12-13H,6-7H2,1H3,(H,14,15). The van der Waals surface area contributed by atoms with Crippen LogP contribution in [-0.2, 0) is 4.74 Å². The first kappa shape index (κ1) is 10.8. The molecule has 1 aliphatic heterocycles. The monoisotopic (exact) mass is 221 g/mol. The lowest BCUT2D eigenvalue weighted by Crippen LogP contribution is -2.51. The van der Waals surface area contributed by atoms with E-state index in [1.807, 2.05) is 24.3 Å². The van der Waals surface area contributed by atoms with E-state index in [0.29, 0.717) is 6.04 Å². The molecule has 3 N–H and O–H groups in total. The number of benzene rings is 1. The first-order chi connectivity index (χ1) is 7.78. The Balaban J connectivity index is 1.90. The molecule has 1 fully saturated rings. The average molecular weight is 221 g/mol. The van der Waals surface area contributed by atoms with E-state index >= 15 is 0 Å². The fraction of sp³-hybridized carbons (Fsp3) is 0.364. The predicted octanol–water partition coefficient (Wildman–Crippen LogP) is 1.25. The Hall–Kier alpha value is -1.75. The highest BCUT2D eigenvalue weighted by Gasteiger charge is 2.15. The van der Waals surface area contributed by atoms with Crippen molar-refractivity contribution in [2.75, 3.05) is 30.8 Å². The van der Waals surface area contributed by atoms with Gasteiger partial charge in [-0.15, -0.1) is 0 Å². The number of rotatable bonds is 3. The molecule has 1 saturated heterocycles. The minimum atomic E-state index is -0.455. The SMILES string of the molecule is COC(=O)Nc1ccc(NC2CNC2)cc1. The van der Waals surface area contributed by atoms with Gasteiger partial charge in [0.25, 0.3) is 0 Å². The maximum atomic E-state index is 10.9. The molecular formula is C11H15N3O2. The summed E-state index contributed by atoms with van der Waals surface area (Å²) in [5.41, 5.74) is 1.78. The normalized spacial score (nSPS) is 15.1. The number of carbonyl (C=O) groups excluding carboxylic acids is 1. The van der Waals surface area contributed by atoms with Gasteiger partial charge in [-0.25, -0.2) is 4.79 Å². The van der Waals surface area contributed by atoms with Crippen LogP contribution in [0.1, 0.15) is 0 Å². The van der Waals surface area contributed by atoms with Crippen molar-refractivity contribution in [1.29, 1.82) is 0 Å². The predicted molar refractivity (Wildman–Crippen MR) is 62.8 cm³/mol. The molecule has 0 spiro atoms. The van der Waals surface area contributed by atoms with Crippen LogP contribution in [0.2, 0.25) is 0 Å². The second-order valence-electron chi connectivity index (χ2n) is 3.69. The molecule has 1 heterocycles. The molecule has 1 aromatic rings. The van der Waals surface area contributed by atoms with E-state index in [1.165, 1.54) is 7.11 Å². The van der Waals surface area contributed by atoms with Gasteiger partial charge in [0, 0.05) is 24.5 Å². The van der Waals surface area contributed by atoms with E-state index in [9.17, 15) is 4.79 Å². The molecule has 0 saturated carbocycles. The van der Waals surface area contributed by atoms with Gasteiger partial charge in [-0.05, 0) is 24.3 Å². The summed E-state index contributed by atoms with van der Waals surface area (Å²) >= 11 is 0. The van der Waals surface area contributed by atoms with Crippen LogP contribution in [0.15, 0.2) is 24.3 Å². The van der Waals surface area contributed by atoms with Gasteiger partial charge in [0.15, 0.2) is 0 Å². The Labute approximate surface area is 94.2 Å². The minimum absolute atomic E-state index is 0.455. The van der Waals surface area contributed by atoms with Crippen LogP contribution >= 0.6 is 0 Å². The van der Waals surface area contributed by atoms with Crippen molar-refractivity contribution in [3.63, 3.8) is 0 Å². The highest BCUT2D eigenvalue weighted by Crippen LogP contribution is 2.15. The van der Waals surface area contributed by atoms with Crippen molar-refractivity contribution in [2.24, 2.45) is 0 Å². The molecule has 86 valence electrons. The third-order valence-electron chi connectivity index (χ3n) is 2.47. The van der Waals surface area contributed by atoms with Crippen molar-refractivity contribution in [3.8, 4) is 0 Å². The molecule has 5 nitrogen and oxygen atoms in total. The number of hydrogen-bond donors (Lipinski definition) is 3. The van der Waals surface area contributed by atoms with E-state index in [1.54, 1.807) is 0 Å². The molecular weight excluding hydrogens is 206 g/mol. The van der Waals surface area contributed by atoms with Crippen LogP contribution in [0.3, 0.4) is 0 Å². The molecule has 0 radical (unpaired) electrons. The molecule has 16 heavy (non-hydrogen) atoms. The van der Waals surface area contributed by atoms with E-state index in [-0.39, 0.29) is 0 Å². The van der Waals surface area contributed by atoms with Crippen LogP contribution < -0.4 is 16.0 Å². The van der Waals surface area contributed by atoms with Crippen LogP contribution in [0, 0.1) is 0 Å². The van der Waals surface area contributed by atoms with Crippen molar-refractivity contribution in [3.05, 3.63) is 24.3 Å². The molecule has 1 aliphatic rings. The third-order valence-corrected chi connectivity index (χ3v) is 2.47. The van der Waals surface area contributed by atoms with E-state index in [4.69, 9.17) is 0 Å². The van der Waals surface area contributed by atoms with Crippen molar-refractivity contribution in [1.82, 2.24) is 5.32 Å². The van der Waals surface area contributed by atoms with Gasteiger partial charge in [0.1, 0.15) is 0 Å². The minimum Gasteiger partial charge on any atom is -0.453 e. The van der Waals surface area contributed by atoms with Crippen LogP contribution in [0.25, 0.3) is 0 Å². The molecule has 0 aliphatic carbocycles. The first-order valence-corrected chi connectivity index (χ1v) is 5.20. The topological polar surface area (TPSA) is 62.4 Å². The quantitative estimate of drug-likeness (QED) is 0.718. The van der Waals surface area contributed by atoms with Gasteiger partial charge in [-0.1, -0.05) is 0 Å². The maximum Gasteiger partial charge on any atom is 0.411 e. The lowest BCUT2D eigenvalue weighted by atomic mass is 10.1. The third kappa shape index (κ3) is 2.64. The van der Waals surface area contributed by atoms with Gasteiger partial charge in [-0.3, -0.25) is 5.32 Å². The largest absolute Gasteiger partial charge is 0.453 e. The molecule has 0 unspecified atom stereocenters. The number of ether oxygens (including phenoxy) is 1. The zero-order chi connectivity index (χ0) is 11.4. The van der Waals surface area contributed by atoms with Crippen molar-refractivity contribution < 1.29 is 9.53 Å². The highest BCUT2D eigenvalue weighted by molar-refractivity contribution is 5.84. The lowest BCUT2D eigenvalue weighted by molar-refractivity contribution is 0.187. The average Bonchev–Trinajstić information content (AvgIpc) is 2.25. The molecule has 0 bridgehead atoms. The second-order valence-corrected chi connectivity index (χ2v) is 3.69. The van der Waals surface area contributed by atoms with E-state index in [2.05, 4.69) is 20.7 Å². The summed E-state index contributed by atoms with van der Waals surface area (Å²) in [7, 11) is 1.34. The fourth-order valence-electron chi connectivity index (χ4n) is 1.45. The summed E-state index contributed by atoms with van der Waals surface area (Å²) in [5, 5.41) is 9.16. The van der Waals surface area contributed by atoms with Crippen LogP contribution in [0.5, 0.6) is 0 Å². The zero-order valence-corrected chi connectivity index (χ0v) is 9.12.